The molecule has 5 heteroatoms. The molecule has 0 radical (unpaired) electrons. The minimum absolute atomic E-state index is 0. The molecule has 0 aliphatic rings. The number of nitrogens with zero attached hydrogens (tertiary/aromatic N) is 1. The first-order valence-electron chi connectivity index (χ1n) is 7.22. The van der Waals surface area contributed by atoms with Gasteiger partial charge in [-0.25, -0.2) is 0 Å². The third-order valence-electron chi connectivity index (χ3n) is 3.57. The summed E-state index contributed by atoms with van der Waals surface area (Å²) in [5.41, 5.74) is 2.36. The van der Waals surface area contributed by atoms with Crippen molar-refractivity contribution in [1.29, 1.82) is 5.26 Å². The van der Waals surface area contributed by atoms with Crippen molar-refractivity contribution in [2.75, 3.05) is 28.4 Å². The van der Waals surface area contributed by atoms with E-state index in [4.69, 9.17) is 18.9 Å². The highest BCUT2D eigenvalue weighted by Gasteiger charge is 2.12. The largest absolute Gasteiger partial charge is 0.497 e. The highest BCUT2D eigenvalue weighted by Crippen LogP contribution is 2.35. The fourth-order valence-corrected chi connectivity index (χ4v) is 2.36. The monoisotopic (exact) mass is 341 g/mol. The summed E-state index contributed by atoms with van der Waals surface area (Å²) in [5, 5.41) is 9.19. The van der Waals surface area contributed by atoms with Crippen LogP contribution in [0.25, 0.3) is 5.57 Å². The standard InChI is InChI=1S/C19H19NO4.CH4/c1-21-15-9-14(10-16(12-15)22-2)17(7-8-20)13-5-6-18(23-3)19(11-13)24-4;/h5-7,9-12H,1-4H3;1H4. The molecule has 0 fully saturated rings. The van der Waals surface area contributed by atoms with Gasteiger partial charge in [0.1, 0.15) is 11.5 Å². The molecule has 0 amide bonds. The van der Waals surface area contributed by atoms with Crippen molar-refractivity contribution in [1.82, 2.24) is 0 Å². The second-order valence-corrected chi connectivity index (χ2v) is 4.86. The van der Waals surface area contributed by atoms with Crippen LogP contribution in [0.1, 0.15) is 18.6 Å². The van der Waals surface area contributed by atoms with Crippen LogP contribution < -0.4 is 18.9 Å². The zero-order valence-electron chi connectivity index (χ0n) is 14.1. The van der Waals surface area contributed by atoms with Crippen LogP contribution in [0.15, 0.2) is 42.5 Å². The molecule has 0 atom stereocenters. The summed E-state index contributed by atoms with van der Waals surface area (Å²) in [5.74, 6) is 2.51. The van der Waals surface area contributed by atoms with Gasteiger partial charge in [0.15, 0.2) is 11.5 Å². The number of nitriles is 1. The third kappa shape index (κ3) is 4.45. The molecule has 2 aromatic rings. The van der Waals surface area contributed by atoms with Crippen LogP contribution in [0.2, 0.25) is 0 Å². The summed E-state index contributed by atoms with van der Waals surface area (Å²) < 4.78 is 21.2. The van der Waals surface area contributed by atoms with Crippen LogP contribution in [0.4, 0.5) is 0 Å². The maximum absolute atomic E-state index is 9.19. The molecule has 0 aromatic heterocycles. The minimum atomic E-state index is 0. The zero-order valence-corrected chi connectivity index (χ0v) is 14.1. The van der Waals surface area contributed by atoms with Gasteiger partial charge in [0.2, 0.25) is 0 Å². The maximum atomic E-state index is 9.19. The van der Waals surface area contributed by atoms with Crippen molar-refractivity contribution in [3.8, 4) is 29.1 Å². The number of rotatable bonds is 6. The number of allylic oxidation sites excluding steroid dienone is 1. The van der Waals surface area contributed by atoms with E-state index < -0.39 is 0 Å². The van der Waals surface area contributed by atoms with E-state index in [2.05, 4.69) is 6.07 Å². The third-order valence-corrected chi connectivity index (χ3v) is 3.57. The molecule has 0 heterocycles. The van der Waals surface area contributed by atoms with Gasteiger partial charge in [-0.15, -0.1) is 0 Å². The summed E-state index contributed by atoms with van der Waals surface area (Å²) >= 11 is 0. The Morgan fingerprint density at radius 3 is 1.88 bits per heavy atom. The van der Waals surface area contributed by atoms with Crippen LogP contribution in [0.5, 0.6) is 23.0 Å². The molecular formula is C20H23NO4. The molecule has 0 aliphatic heterocycles. The molecule has 2 rings (SSSR count). The molecule has 25 heavy (non-hydrogen) atoms. The average molecular weight is 341 g/mol. The Morgan fingerprint density at radius 1 is 0.800 bits per heavy atom. The number of ether oxygens (including phenoxy) is 4. The molecule has 0 spiro atoms. The molecule has 0 bridgehead atoms. The van der Waals surface area contributed by atoms with Gasteiger partial charge in [-0.3, -0.25) is 0 Å². The molecular weight excluding hydrogens is 318 g/mol. The van der Waals surface area contributed by atoms with E-state index in [0.717, 1.165) is 16.7 Å². The van der Waals surface area contributed by atoms with Gasteiger partial charge in [-0.2, -0.15) is 5.26 Å². The lowest BCUT2D eigenvalue weighted by Gasteiger charge is -2.14. The molecule has 0 saturated carbocycles. The summed E-state index contributed by atoms with van der Waals surface area (Å²) in [4.78, 5) is 0. The fourth-order valence-electron chi connectivity index (χ4n) is 2.36. The molecule has 0 unspecified atom stereocenters. The lowest BCUT2D eigenvalue weighted by atomic mass is 9.96. The fraction of sp³-hybridized carbons (Fsp3) is 0.250. The molecule has 2 aromatic carbocycles. The van der Waals surface area contributed by atoms with Gasteiger partial charge in [-0.05, 0) is 41.0 Å². The van der Waals surface area contributed by atoms with Crippen molar-refractivity contribution in [3.63, 3.8) is 0 Å². The summed E-state index contributed by atoms with van der Waals surface area (Å²) in [6.45, 7) is 0. The van der Waals surface area contributed by atoms with Crippen LogP contribution in [-0.4, -0.2) is 28.4 Å². The quantitative estimate of drug-likeness (QED) is 0.733. The van der Waals surface area contributed by atoms with Gasteiger partial charge < -0.3 is 18.9 Å². The highest BCUT2D eigenvalue weighted by atomic mass is 16.5. The van der Waals surface area contributed by atoms with Crippen molar-refractivity contribution < 1.29 is 18.9 Å². The Kier molecular flexibility index (Phi) is 7.36. The van der Waals surface area contributed by atoms with E-state index >= 15 is 0 Å². The normalized spacial score (nSPS) is 10.3. The van der Waals surface area contributed by atoms with E-state index in [0.29, 0.717) is 23.0 Å². The Bertz CT molecular complexity index is 769. The second-order valence-electron chi connectivity index (χ2n) is 4.86. The number of methoxy groups -OCH3 is 4. The Morgan fingerprint density at radius 2 is 1.40 bits per heavy atom. The molecule has 0 saturated heterocycles. The average Bonchev–Trinajstić information content (AvgIpc) is 2.64. The van der Waals surface area contributed by atoms with Gasteiger partial charge in [0.25, 0.3) is 0 Å². The first-order valence-corrected chi connectivity index (χ1v) is 7.22. The smallest absolute Gasteiger partial charge is 0.161 e. The topological polar surface area (TPSA) is 60.7 Å². The van der Waals surface area contributed by atoms with Gasteiger partial charge in [0.05, 0.1) is 34.5 Å². The molecule has 5 nitrogen and oxygen atoms in total. The lowest BCUT2D eigenvalue weighted by molar-refractivity contribution is 0.355. The van der Waals surface area contributed by atoms with Crippen molar-refractivity contribution in [2.45, 2.75) is 7.43 Å². The Labute approximate surface area is 149 Å². The summed E-state index contributed by atoms with van der Waals surface area (Å²) in [7, 11) is 6.33. The SMILES string of the molecule is C.COc1cc(OC)cc(C(=CC#N)c2ccc(OC)c(OC)c2)c1. The van der Waals surface area contributed by atoms with E-state index in [1.54, 1.807) is 40.6 Å². The first-order chi connectivity index (χ1) is 11.7. The Hall–Kier alpha value is -3.13. The summed E-state index contributed by atoms with van der Waals surface area (Å²) in [6, 6.07) is 13.1. The van der Waals surface area contributed by atoms with Crippen LogP contribution in [0, 0.1) is 11.3 Å². The maximum Gasteiger partial charge on any atom is 0.161 e. The van der Waals surface area contributed by atoms with Gasteiger partial charge in [0, 0.05) is 12.1 Å². The number of hydrogen-bond acceptors (Lipinski definition) is 5. The molecule has 0 N–H and O–H groups in total. The van der Waals surface area contributed by atoms with Crippen molar-refractivity contribution in [2.24, 2.45) is 0 Å². The number of hydrogen-bond donors (Lipinski definition) is 0. The van der Waals surface area contributed by atoms with Crippen LogP contribution in [0.3, 0.4) is 0 Å². The second kappa shape index (κ2) is 9.24. The predicted octanol–water partition coefficient (Wildman–Crippen LogP) is 4.31. The van der Waals surface area contributed by atoms with E-state index in [1.807, 2.05) is 24.3 Å². The van der Waals surface area contributed by atoms with E-state index in [-0.39, 0.29) is 7.43 Å². The van der Waals surface area contributed by atoms with E-state index in [1.165, 1.54) is 6.08 Å². The molecule has 0 aliphatic carbocycles. The van der Waals surface area contributed by atoms with Crippen molar-refractivity contribution >= 4 is 5.57 Å². The predicted molar refractivity (Wildman–Crippen MR) is 98.5 cm³/mol. The van der Waals surface area contributed by atoms with Crippen molar-refractivity contribution in [3.05, 3.63) is 53.6 Å². The highest BCUT2D eigenvalue weighted by molar-refractivity contribution is 5.83. The van der Waals surface area contributed by atoms with Crippen LogP contribution in [-0.2, 0) is 0 Å². The Balaban J connectivity index is 0.00000312. The van der Waals surface area contributed by atoms with Crippen LogP contribution >= 0.6 is 0 Å². The lowest BCUT2D eigenvalue weighted by Crippen LogP contribution is -1.95. The van der Waals surface area contributed by atoms with Gasteiger partial charge in [-0.1, -0.05) is 13.5 Å². The molecule has 132 valence electrons. The van der Waals surface area contributed by atoms with Gasteiger partial charge >= 0.3 is 0 Å². The first kappa shape index (κ1) is 19.9. The minimum Gasteiger partial charge on any atom is -0.497 e. The summed E-state index contributed by atoms with van der Waals surface area (Å²) in [6.07, 6.45) is 1.48. The zero-order chi connectivity index (χ0) is 17.5. The number of benzene rings is 2. The van der Waals surface area contributed by atoms with E-state index in [9.17, 15) is 5.26 Å².